The number of hydrogen-bond donors (Lipinski definition) is 1. The van der Waals surface area contributed by atoms with E-state index in [-0.39, 0.29) is 23.4 Å². The Balaban J connectivity index is 1.69. The maximum absolute atomic E-state index is 14.2. The van der Waals surface area contributed by atoms with Crippen molar-refractivity contribution in [2.75, 3.05) is 10.8 Å². The molecule has 1 N–H and O–H groups in total. The summed E-state index contributed by atoms with van der Waals surface area (Å²) in [5.74, 6) is -0.660. The van der Waals surface area contributed by atoms with Crippen molar-refractivity contribution in [2.45, 2.75) is 82.8 Å². The summed E-state index contributed by atoms with van der Waals surface area (Å²) < 4.78 is 29.2. The lowest BCUT2D eigenvalue weighted by Crippen LogP contribution is -2.53. The van der Waals surface area contributed by atoms with Gasteiger partial charge in [0, 0.05) is 12.6 Å². The number of benzene rings is 3. The minimum absolute atomic E-state index is 0.0982. The van der Waals surface area contributed by atoms with Gasteiger partial charge in [-0.15, -0.1) is 0 Å². The highest BCUT2D eigenvalue weighted by Crippen LogP contribution is 2.28. The third-order valence-electron chi connectivity index (χ3n) is 7.81. The summed E-state index contributed by atoms with van der Waals surface area (Å²) in [5.41, 5.74) is 3.19. The molecule has 0 radical (unpaired) electrons. The SMILES string of the molecule is CCc1ccccc1N(CC(=O)N(Cc1cccc(C)c1)[C@@H](C)C(=O)NC1CCCCC1)S(=O)(=O)c1ccccc1. The Hall–Kier alpha value is -3.65. The first-order valence-electron chi connectivity index (χ1n) is 14.5. The lowest BCUT2D eigenvalue weighted by Gasteiger charge is -2.33. The van der Waals surface area contributed by atoms with E-state index in [0.29, 0.717) is 12.1 Å². The van der Waals surface area contributed by atoms with Gasteiger partial charge in [0.05, 0.1) is 10.6 Å². The fourth-order valence-electron chi connectivity index (χ4n) is 5.44. The second-order valence-corrected chi connectivity index (χ2v) is 12.7. The molecule has 4 rings (SSSR count). The van der Waals surface area contributed by atoms with E-state index in [1.165, 1.54) is 27.8 Å². The summed E-state index contributed by atoms with van der Waals surface area (Å²) in [5, 5.41) is 3.15. The van der Waals surface area contributed by atoms with E-state index in [0.717, 1.165) is 42.4 Å². The molecule has 1 atom stereocenters. The minimum Gasteiger partial charge on any atom is -0.352 e. The van der Waals surface area contributed by atoms with Gasteiger partial charge in [-0.25, -0.2) is 8.42 Å². The van der Waals surface area contributed by atoms with Gasteiger partial charge in [-0.1, -0.05) is 92.4 Å². The molecule has 41 heavy (non-hydrogen) atoms. The van der Waals surface area contributed by atoms with Crippen LogP contribution in [0.4, 0.5) is 5.69 Å². The van der Waals surface area contributed by atoms with E-state index >= 15 is 0 Å². The Morgan fingerprint density at radius 2 is 1.61 bits per heavy atom. The third-order valence-corrected chi connectivity index (χ3v) is 9.58. The zero-order chi connectivity index (χ0) is 29.4. The van der Waals surface area contributed by atoms with Crippen molar-refractivity contribution >= 4 is 27.5 Å². The lowest BCUT2D eigenvalue weighted by atomic mass is 9.95. The van der Waals surface area contributed by atoms with Crippen LogP contribution < -0.4 is 9.62 Å². The van der Waals surface area contributed by atoms with E-state index in [2.05, 4.69) is 5.32 Å². The van der Waals surface area contributed by atoms with Crippen LogP contribution in [0.1, 0.15) is 62.6 Å². The first-order chi connectivity index (χ1) is 19.7. The largest absolute Gasteiger partial charge is 0.352 e. The summed E-state index contributed by atoms with van der Waals surface area (Å²) >= 11 is 0. The number of nitrogens with zero attached hydrogens (tertiary/aromatic N) is 2. The Bertz CT molecular complexity index is 1440. The number of amides is 2. The number of anilines is 1. The average Bonchev–Trinajstić information content (AvgIpc) is 2.99. The van der Waals surface area contributed by atoms with Gasteiger partial charge in [0.25, 0.3) is 10.0 Å². The highest BCUT2D eigenvalue weighted by atomic mass is 32.2. The van der Waals surface area contributed by atoms with Crippen LogP contribution >= 0.6 is 0 Å². The van der Waals surface area contributed by atoms with Crippen LogP contribution in [-0.4, -0.2) is 43.8 Å². The summed E-state index contributed by atoms with van der Waals surface area (Å²) in [6.07, 6.45) is 5.79. The van der Waals surface area contributed by atoms with Crippen LogP contribution in [-0.2, 0) is 32.6 Å². The predicted molar refractivity (Wildman–Crippen MR) is 163 cm³/mol. The Morgan fingerprint density at radius 3 is 2.29 bits per heavy atom. The van der Waals surface area contributed by atoms with Gasteiger partial charge in [-0.2, -0.15) is 0 Å². The van der Waals surface area contributed by atoms with Crippen molar-refractivity contribution in [1.82, 2.24) is 10.2 Å². The second-order valence-electron chi connectivity index (χ2n) is 10.8. The normalized spacial score (nSPS) is 14.7. The van der Waals surface area contributed by atoms with Gasteiger partial charge in [-0.3, -0.25) is 13.9 Å². The Morgan fingerprint density at radius 1 is 0.927 bits per heavy atom. The van der Waals surface area contributed by atoms with Crippen molar-refractivity contribution < 1.29 is 18.0 Å². The minimum atomic E-state index is -4.08. The Labute approximate surface area is 244 Å². The van der Waals surface area contributed by atoms with Crippen LogP contribution in [0.3, 0.4) is 0 Å². The van der Waals surface area contributed by atoms with E-state index in [1.807, 2.05) is 50.2 Å². The molecule has 0 aromatic heterocycles. The van der Waals surface area contributed by atoms with E-state index < -0.39 is 28.5 Å². The number of carbonyl (C=O) groups is 2. The standard InChI is InChI=1S/C33H41N3O4S/c1-4-28-16-11-12-21-31(28)36(41(39,40)30-19-9-6-10-20-30)24-32(37)35(23-27-15-13-14-25(2)22-27)26(3)33(38)34-29-17-7-5-8-18-29/h6,9-16,19-22,26,29H,4-5,7-8,17-18,23-24H2,1-3H3,(H,34,38)/t26-/m0/s1. The molecule has 1 aliphatic carbocycles. The van der Waals surface area contributed by atoms with Crippen LogP contribution in [0.25, 0.3) is 0 Å². The third kappa shape index (κ3) is 7.55. The van der Waals surface area contributed by atoms with Gasteiger partial charge in [-0.05, 0) is 62.4 Å². The monoisotopic (exact) mass is 575 g/mol. The molecular formula is C33H41N3O4S. The van der Waals surface area contributed by atoms with E-state index in [4.69, 9.17) is 0 Å². The number of rotatable bonds is 11. The van der Waals surface area contributed by atoms with Crippen LogP contribution in [0.15, 0.2) is 83.8 Å². The molecule has 7 nitrogen and oxygen atoms in total. The second kappa shape index (κ2) is 13.8. The highest BCUT2D eigenvalue weighted by molar-refractivity contribution is 7.92. The van der Waals surface area contributed by atoms with Crippen LogP contribution in [0.5, 0.6) is 0 Å². The van der Waals surface area contributed by atoms with Crippen molar-refractivity contribution in [1.29, 1.82) is 0 Å². The predicted octanol–water partition coefficient (Wildman–Crippen LogP) is 5.62. The average molecular weight is 576 g/mol. The van der Waals surface area contributed by atoms with Crippen LogP contribution in [0, 0.1) is 6.92 Å². The molecule has 1 fully saturated rings. The Kier molecular flexibility index (Phi) is 10.2. The zero-order valence-electron chi connectivity index (χ0n) is 24.3. The summed E-state index contributed by atoms with van der Waals surface area (Å²) in [7, 11) is -4.08. The van der Waals surface area contributed by atoms with Crippen molar-refractivity contribution in [3.05, 3.63) is 95.6 Å². The number of sulfonamides is 1. The number of hydrogen-bond acceptors (Lipinski definition) is 4. The molecule has 0 heterocycles. The molecule has 218 valence electrons. The van der Waals surface area contributed by atoms with Crippen molar-refractivity contribution in [3.8, 4) is 0 Å². The first-order valence-corrected chi connectivity index (χ1v) is 16.0. The maximum atomic E-state index is 14.2. The maximum Gasteiger partial charge on any atom is 0.264 e. The smallest absolute Gasteiger partial charge is 0.264 e. The molecule has 2 amide bonds. The molecule has 0 unspecified atom stereocenters. The topological polar surface area (TPSA) is 86.8 Å². The van der Waals surface area contributed by atoms with Gasteiger partial charge < -0.3 is 10.2 Å². The van der Waals surface area contributed by atoms with Gasteiger partial charge in [0.2, 0.25) is 11.8 Å². The van der Waals surface area contributed by atoms with Gasteiger partial charge in [0.1, 0.15) is 12.6 Å². The quantitative estimate of drug-likeness (QED) is 0.322. The molecule has 8 heteroatoms. The van der Waals surface area contributed by atoms with Gasteiger partial charge in [0.15, 0.2) is 0 Å². The molecule has 0 spiro atoms. The number of nitrogens with one attached hydrogen (secondary N) is 1. The first kappa shape index (κ1) is 30.3. The number of carbonyl (C=O) groups excluding carboxylic acids is 2. The fourth-order valence-corrected chi connectivity index (χ4v) is 6.92. The summed E-state index contributed by atoms with van der Waals surface area (Å²) in [4.78, 5) is 29.2. The van der Waals surface area contributed by atoms with E-state index in [1.54, 1.807) is 37.3 Å². The highest BCUT2D eigenvalue weighted by Gasteiger charge is 2.33. The molecule has 1 saturated carbocycles. The summed E-state index contributed by atoms with van der Waals surface area (Å²) in [6.45, 7) is 5.41. The molecule has 0 aliphatic heterocycles. The molecule has 3 aromatic carbocycles. The molecule has 0 bridgehead atoms. The van der Waals surface area contributed by atoms with Crippen LogP contribution in [0.2, 0.25) is 0 Å². The molecule has 3 aromatic rings. The van der Waals surface area contributed by atoms with Crippen molar-refractivity contribution in [2.24, 2.45) is 0 Å². The number of para-hydroxylation sites is 1. The zero-order valence-corrected chi connectivity index (χ0v) is 25.1. The molecular weight excluding hydrogens is 534 g/mol. The van der Waals surface area contributed by atoms with E-state index in [9.17, 15) is 18.0 Å². The molecule has 1 aliphatic rings. The summed E-state index contributed by atoms with van der Waals surface area (Å²) in [6, 6.07) is 22.5. The number of aryl methyl sites for hydroxylation is 2. The lowest BCUT2D eigenvalue weighted by molar-refractivity contribution is -0.139. The van der Waals surface area contributed by atoms with Crippen molar-refractivity contribution in [3.63, 3.8) is 0 Å². The molecule has 0 saturated heterocycles. The van der Waals surface area contributed by atoms with Gasteiger partial charge >= 0.3 is 0 Å². The fraction of sp³-hybridized carbons (Fsp3) is 0.394.